The van der Waals surface area contributed by atoms with Crippen LogP contribution in [0.25, 0.3) is 22.6 Å². The molecule has 1 unspecified atom stereocenters. The van der Waals surface area contributed by atoms with E-state index >= 15 is 0 Å². The molecule has 0 saturated heterocycles. The molecule has 2 heterocycles. The van der Waals surface area contributed by atoms with Gasteiger partial charge in [-0.05, 0) is 38.5 Å². The number of hydrogen-bond acceptors (Lipinski definition) is 3. The summed E-state index contributed by atoms with van der Waals surface area (Å²) < 4.78 is 1.69. The fraction of sp³-hybridized carbons (Fsp3) is 0.235. The van der Waals surface area contributed by atoms with Crippen LogP contribution < -0.4 is 0 Å². The standard InChI is InChI=1S/C17H17N3O2/c1-10-5-4-6-13(7-10)15-19-14-8-11(2)9-18-16(14)20(15)12(3)17(21)22/h4-9,12H,1-3H3,(H,21,22). The summed E-state index contributed by atoms with van der Waals surface area (Å²) in [5.74, 6) is -0.276. The zero-order valence-electron chi connectivity index (χ0n) is 12.7. The molecule has 0 radical (unpaired) electrons. The van der Waals surface area contributed by atoms with Gasteiger partial charge in [0.1, 0.15) is 17.4 Å². The maximum absolute atomic E-state index is 11.5. The third kappa shape index (κ3) is 2.35. The molecule has 3 rings (SSSR count). The number of aliphatic carboxylic acids is 1. The van der Waals surface area contributed by atoms with E-state index in [0.29, 0.717) is 17.0 Å². The van der Waals surface area contributed by atoms with Crippen molar-refractivity contribution in [2.24, 2.45) is 0 Å². The third-order valence-corrected chi connectivity index (χ3v) is 3.69. The Bertz CT molecular complexity index is 867. The summed E-state index contributed by atoms with van der Waals surface area (Å²) in [6.45, 7) is 5.59. The van der Waals surface area contributed by atoms with E-state index in [2.05, 4.69) is 9.97 Å². The van der Waals surface area contributed by atoms with Crippen molar-refractivity contribution in [3.05, 3.63) is 47.7 Å². The molecule has 0 bridgehead atoms. The SMILES string of the molecule is Cc1cccc(-c2nc3cc(C)cnc3n2C(C)C(=O)O)c1. The van der Waals surface area contributed by atoms with E-state index in [4.69, 9.17) is 0 Å². The molecule has 0 fully saturated rings. The molecule has 112 valence electrons. The predicted molar refractivity (Wildman–Crippen MR) is 84.8 cm³/mol. The van der Waals surface area contributed by atoms with Gasteiger partial charge in [-0.25, -0.2) is 14.8 Å². The maximum atomic E-state index is 11.5. The number of aromatic nitrogens is 3. The maximum Gasteiger partial charge on any atom is 0.326 e. The predicted octanol–water partition coefficient (Wildman–Crippen LogP) is 3.36. The zero-order valence-corrected chi connectivity index (χ0v) is 12.7. The van der Waals surface area contributed by atoms with Crippen LogP contribution in [-0.2, 0) is 4.79 Å². The number of hydrogen-bond donors (Lipinski definition) is 1. The van der Waals surface area contributed by atoms with Crippen LogP contribution in [0.15, 0.2) is 36.5 Å². The smallest absolute Gasteiger partial charge is 0.326 e. The highest BCUT2D eigenvalue weighted by molar-refractivity contribution is 5.82. The van der Waals surface area contributed by atoms with Gasteiger partial charge in [0.15, 0.2) is 5.65 Å². The minimum Gasteiger partial charge on any atom is -0.480 e. The fourth-order valence-corrected chi connectivity index (χ4v) is 2.55. The minimum absolute atomic E-state index is 0.594. The van der Waals surface area contributed by atoms with Crippen LogP contribution in [-0.4, -0.2) is 25.6 Å². The van der Waals surface area contributed by atoms with Crippen LogP contribution in [0.4, 0.5) is 0 Å². The Morgan fingerprint density at radius 1 is 1.23 bits per heavy atom. The number of carboxylic acid groups (broad SMARTS) is 1. The summed E-state index contributed by atoms with van der Waals surface area (Å²) in [6.07, 6.45) is 1.73. The van der Waals surface area contributed by atoms with Gasteiger partial charge in [-0.2, -0.15) is 0 Å². The van der Waals surface area contributed by atoms with Gasteiger partial charge >= 0.3 is 5.97 Å². The van der Waals surface area contributed by atoms with Crippen LogP contribution in [0.2, 0.25) is 0 Å². The Kier molecular flexibility index (Phi) is 3.41. The monoisotopic (exact) mass is 295 g/mol. The lowest BCUT2D eigenvalue weighted by atomic mass is 10.1. The zero-order chi connectivity index (χ0) is 15.9. The summed E-state index contributed by atoms with van der Waals surface area (Å²) in [6, 6.07) is 9.06. The van der Waals surface area contributed by atoms with Gasteiger partial charge in [0.25, 0.3) is 0 Å². The van der Waals surface area contributed by atoms with Crippen LogP contribution in [0, 0.1) is 13.8 Å². The van der Waals surface area contributed by atoms with Gasteiger partial charge in [0.2, 0.25) is 0 Å². The average molecular weight is 295 g/mol. The molecule has 5 heteroatoms. The van der Waals surface area contributed by atoms with Gasteiger partial charge in [-0.3, -0.25) is 4.57 Å². The Hall–Kier alpha value is -2.69. The second-order valence-corrected chi connectivity index (χ2v) is 5.54. The number of fused-ring (bicyclic) bond motifs is 1. The first kappa shape index (κ1) is 14.3. The van der Waals surface area contributed by atoms with Crippen LogP contribution in [0.1, 0.15) is 24.1 Å². The minimum atomic E-state index is -0.907. The van der Waals surface area contributed by atoms with Crippen molar-refractivity contribution in [1.82, 2.24) is 14.5 Å². The first-order valence-corrected chi connectivity index (χ1v) is 7.12. The van der Waals surface area contributed by atoms with Crippen molar-refractivity contribution in [3.63, 3.8) is 0 Å². The van der Waals surface area contributed by atoms with Gasteiger partial charge in [-0.1, -0.05) is 23.8 Å². The molecule has 2 aromatic heterocycles. The number of carbonyl (C=O) groups is 1. The molecule has 5 nitrogen and oxygen atoms in total. The van der Waals surface area contributed by atoms with Crippen molar-refractivity contribution in [3.8, 4) is 11.4 Å². The molecule has 0 aliphatic rings. The number of carboxylic acids is 1. The first-order chi connectivity index (χ1) is 10.5. The fourth-order valence-electron chi connectivity index (χ4n) is 2.55. The van der Waals surface area contributed by atoms with E-state index in [9.17, 15) is 9.90 Å². The topological polar surface area (TPSA) is 68.0 Å². The number of nitrogens with zero attached hydrogens (tertiary/aromatic N) is 3. The van der Waals surface area contributed by atoms with Gasteiger partial charge in [-0.15, -0.1) is 0 Å². The molecule has 1 aromatic carbocycles. The van der Waals surface area contributed by atoms with E-state index in [-0.39, 0.29) is 0 Å². The molecule has 0 aliphatic carbocycles. The molecule has 1 atom stereocenters. The lowest BCUT2D eigenvalue weighted by Crippen LogP contribution is -2.17. The van der Waals surface area contributed by atoms with Gasteiger partial charge in [0, 0.05) is 11.8 Å². The Morgan fingerprint density at radius 3 is 2.68 bits per heavy atom. The van der Waals surface area contributed by atoms with Crippen LogP contribution in [0.5, 0.6) is 0 Å². The van der Waals surface area contributed by atoms with Crippen molar-refractivity contribution in [2.45, 2.75) is 26.8 Å². The summed E-state index contributed by atoms with van der Waals surface area (Å²) in [7, 11) is 0. The largest absolute Gasteiger partial charge is 0.480 e. The summed E-state index contributed by atoms with van der Waals surface area (Å²) in [5.41, 5.74) is 4.30. The number of pyridine rings is 1. The lowest BCUT2D eigenvalue weighted by Gasteiger charge is -2.13. The van der Waals surface area contributed by atoms with E-state index < -0.39 is 12.0 Å². The first-order valence-electron chi connectivity index (χ1n) is 7.12. The van der Waals surface area contributed by atoms with Gasteiger partial charge < -0.3 is 5.11 Å². The summed E-state index contributed by atoms with van der Waals surface area (Å²) in [5, 5.41) is 9.42. The normalized spacial score (nSPS) is 12.5. The molecular formula is C17H17N3O2. The summed E-state index contributed by atoms with van der Waals surface area (Å²) in [4.78, 5) is 20.5. The highest BCUT2D eigenvalue weighted by Gasteiger charge is 2.22. The highest BCUT2D eigenvalue weighted by atomic mass is 16.4. The van der Waals surface area contributed by atoms with E-state index in [1.54, 1.807) is 17.7 Å². The Balaban J connectivity index is 2.33. The van der Waals surface area contributed by atoms with Crippen molar-refractivity contribution < 1.29 is 9.90 Å². The van der Waals surface area contributed by atoms with E-state index in [1.807, 2.05) is 44.2 Å². The Morgan fingerprint density at radius 2 is 2.00 bits per heavy atom. The van der Waals surface area contributed by atoms with Gasteiger partial charge in [0.05, 0.1) is 0 Å². The van der Waals surface area contributed by atoms with Crippen molar-refractivity contribution in [2.75, 3.05) is 0 Å². The van der Waals surface area contributed by atoms with Crippen LogP contribution >= 0.6 is 0 Å². The van der Waals surface area contributed by atoms with Crippen LogP contribution in [0.3, 0.4) is 0 Å². The van der Waals surface area contributed by atoms with Crippen molar-refractivity contribution >= 4 is 17.1 Å². The highest BCUT2D eigenvalue weighted by Crippen LogP contribution is 2.28. The van der Waals surface area contributed by atoms with Crippen molar-refractivity contribution in [1.29, 1.82) is 0 Å². The quantitative estimate of drug-likeness (QED) is 0.804. The second-order valence-electron chi connectivity index (χ2n) is 5.54. The molecule has 1 N–H and O–H groups in total. The molecule has 22 heavy (non-hydrogen) atoms. The number of aryl methyl sites for hydroxylation is 2. The number of benzene rings is 1. The molecule has 3 aromatic rings. The lowest BCUT2D eigenvalue weighted by molar-refractivity contribution is -0.140. The molecule has 0 amide bonds. The summed E-state index contributed by atoms with van der Waals surface area (Å²) >= 11 is 0. The number of imidazole rings is 1. The third-order valence-electron chi connectivity index (χ3n) is 3.69. The second kappa shape index (κ2) is 5.26. The molecule has 0 spiro atoms. The number of rotatable bonds is 3. The average Bonchev–Trinajstić information content (AvgIpc) is 2.84. The molecule has 0 saturated carbocycles. The molecular weight excluding hydrogens is 278 g/mol. The van der Waals surface area contributed by atoms with E-state index in [1.165, 1.54) is 0 Å². The molecule has 0 aliphatic heterocycles. The Labute approximate surface area is 128 Å². The van der Waals surface area contributed by atoms with E-state index in [0.717, 1.165) is 16.7 Å².